The molecule has 3 rings (SSSR count). The highest BCUT2D eigenvalue weighted by Crippen LogP contribution is 2.23. The van der Waals surface area contributed by atoms with Crippen LogP contribution in [0, 0.1) is 5.92 Å². The van der Waals surface area contributed by atoms with E-state index < -0.39 is 0 Å². The summed E-state index contributed by atoms with van der Waals surface area (Å²) < 4.78 is 5.24. The normalized spacial score (nSPS) is 16.7. The van der Waals surface area contributed by atoms with E-state index in [9.17, 15) is 4.79 Å². The Hall–Kier alpha value is -1.85. The van der Waals surface area contributed by atoms with Gasteiger partial charge in [0.1, 0.15) is 5.69 Å². The number of nitrogens with two attached hydrogens (primary N) is 1. The lowest BCUT2D eigenvalue weighted by Gasteiger charge is -2.33. The lowest BCUT2D eigenvalue weighted by molar-refractivity contribution is 0.0639. The van der Waals surface area contributed by atoms with E-state index in [2.05, 4.69) is 5.16 Å². The van der Waals surface area contributed by atoms with Gasteiger partial charge in [-0.2, -0.15) is 0 Å². The van der Waals surface area contributed by atoms with Gasteiger partial charge in [0.2, 0.25) is 5.76 Å². The Morgan fingerprint density at radius 3 is 2.57 bits per heavy atom. The molecule has 0 spiro atoms. The molecule has 0 bridgehead atoms. The minimum absolute atomic E-state index is 0. The number of nitrogens with zero attached hydrogens (tertiary/aromatic N) is 2. The Balaban J connectivity index is 0.00000192. The summed E-state index contributed by atoms with van der Waals surface area (Å²) in [7, 11) is 0. The van der Waals surface area contributed by atoms with Gasteiger partial charge in [-0.25, -0.2) is 0 Å². The largest absolute Gasteiger partial charge is 0.350 e. The van der Waals surface area contributed by atoms with Crippen LogP contribution in [0.3, 0.4) is 0 Å². The third-order valence-electron chi connectivity index (χ3n) is 4.36. The van der Waals surface area contributed by atoms with Crippen LogP contribution in [0.25, 0.3) is 11.3 Å². The summed E-state index contributed by atoms with van der Waals surface area (Å²) in [6.45, 7) is 3.49. The molecule has 1 aliphatic heterocycles. The van der Waals surface area contributed by atoms with Gasteiger partial charge in [0.05, 0.1) is 0 Å². The number of carbonyl (C=O) groups excluding carboxylic acids is 1. The number of hydrogen-bond donors (Lipinski definition) is 1. The van der Waals surface area contributed by atoms with E-state index in [1.54, 1.807) is 6.07 Å². The van der Waals surface area contributed by atoms with Gasteiger partial charge in [-0.15, -0.1) is 12.4 Å². The van der Waals surface area contributed by atoms with E-state index in [0.717, 1.165) is 31.5 Å². The lowest BCUT2D eigenvalue weighted by atomic mass is 9.91. The van der Waals surface area contributed by atoms with E-state index in [4.69, 9.17) is 10.3 Å². The van der Waals surface area contributed by atoms with Crippen molar-refractivity contribution in [3.8, 4) is 11.3 Å². The number of hydrogen-bond acceptors (Lipinski definition) is 4. The van der Waals surface area contributed by atoms with Gasteiger partial charge < -0.3 is 15.2 Å². The summed E-state index contributed by atoms with van der Waals surface area (Å²) in [6.07, 6.45) is 1.90. The van der Waals surface area contributed by atoms with Crippen LogP contribution in [-0.4, -0.2) is 35.1 Å². The highest BCUT2D eigenvalue weighted by atomic mass is 35.5. The van der Waals surface area contributed by atoms with Crippen molar-refractivity contribution in [2.24, 2.45) is 11.7 Å². The molecule has 5 nitrogen and oxygen atoms in total. The first-order valence-electron chi connectivity index (χ1n) is 7.72. The maximum absolute atomic E-state index is 12.5. The van der Waals surface area contributed by atoms with Gasteiger partial charge in [0.25, 0.3) is 5.91 Å². The standard InChI is InChI=1S/C17H21N3O2.ClH/c1-12(18)13-7-9-20(10-8-13)17(21)16-11-15(19-22-16)14-5-3-2-4-6-14;/h2-6,11-13H,7-10,18H2,1H3;1H. The van der Waals surface area contributed by atoms with Crippen LogP contribution in [0.2, 0.25) is 0 Å². The number of aromatic nitrogens is 1. The molecule has 2 aromatic rings. The molecule has 1 aromatic heterocycles. The molecule has 1 unspecified atom stereocenters. The van der Waals surface area contributed by atoms with Crippen molar-refractivity contribution in [1.29, 1.82) is 0 Å². The van der Waals surface area contributed by atoms with E-state index in [0.29, 0.717) is 17.4 Å². The Kier molecular flexibility index (Phi) is 5.80. The minimum atomic E-state index is -0.0854. The second-order valence-corrected chi connectivity index (χ2v) is 5.93. The Morgan fingerprint density at radius 2 is 1.96 bits per heavy atom. The lowest BCUT2D eigenvalue weighted by Crippen LogP contribution is -2.42. The van der Waals surface area contributed by atoms with Crippen molar-refractivity contribution in [3.63, 3.8) is 0 Å². The highest BCUT2D eigenvalue weighted by molar-refractivity contribution is 5.92. The zero-order valence-corrected chi connectivity index (χ0v) is 14.0. The van der Waals surface area contributed by atoms with E-state index in [-0.39, 0.29) is 24.4 Å². The predicted molar refractivity (Wildman–Crippen MR) is 91.5 cm³/mol. The molecule has 1 atom stereocenters. The molecular weight excluding hydrogens is 314 g/mol. The molecule has 2 heterocycles. The second kappa shape index (κ2) is 7.62. The van der Waals surface area contributed by atoms with Crippen LogP contribution >= 0.6 is 12.4 Å². The van der Waals surface area contributed by atoms with Gasteiger partial charge in [-0.05, 0) is 25.7 Å². The third-order valence-corrected chi connectivity index (χ3v) is 4.36. The summed E-state index contributed by atoms with van der Waals surface area (Å²) in [5.74, 6) is 0.717. The molecule has 0 radical (unpaired) electrons. The smallest absolute Gasteiger partial charge is 0.292 e. The summed E-state index contributed by atoms with van der Waals surface area (Å²) in [5, 5.41) is 4.00. The van der Waals surface area contributed by atoms with Gasteiger partial charge in [0.15, 0.2) is 0 Å². The molecular formula is C17H22ClN3O2. The van der Waals surface area contributed by atoms with E-state index in [1.165, 1.54) is 0 Å². The fraction of sp³-hybridized carbons (Fsp3) is 0.412. The SMILES string of the molecule is CC(N)C1CCN(C(=O)c2cc(-c3ccccc3)no2)CC1.Cl. The number of carbonyl (C=O) groups is 1. The average molecular weight is 336 g/mol. The van der Waals surface area contributed by atoms with Crippen molar-refractivity contribution in [2.45, 2.75) is 25.8 Å². The summed E-state index contributed by atoms with van der Waals surface area (Å²) in [4.78, 5) is 14.3. The Morgan fingerprint density at radius 1 is 1.30 bits per heavy atom. The number of amides is 1. The monoisotopic (exact) mass is 335 g/mol. The van der Waals surface area contributed by atoms with Crippen molar-refractivity contribution >= 4 is 18.3 Å². The van der Waals surface area contributed by atoms with Crippen molar-refractivity contribution in [2.75, 3.05) is 13.1 Å². The third kappa shape index (κ3) is 3.92. The Labute approximate surface area is 142 Å². The van der Waals surface area contributed by atoms with Gasteiger partial charge >= 0.3 is 0 Å². The molecule has 0 saturated carbocycles. The first kappa shape index (κ1) is 17.5. The zero-order chi connectivity index (χ0) is 15.5. The molecule has 1 aromatic carbocycles. The van der Waals surface area contributed by atoms with Crippen LogP contribution in [0.5, 0.6) is 0 Å². The maximum Gasteiger partial charge on any atom is 0.292 e. The van der Waals surface area contributed by atoms with E-state index >= 15 is 0 Å². The minimum Gasteiger partial charge on any atom is -0.350 e. The van der Waals surface area contributed by atoms with Crippen LogP contribution in [0.4, 0.5) is 0 Å². The quantitative estimate of drug-likeness (QED) is 0.936. The predicted octanol–water partition coefficient (Wildman–Crippen LogP) is 2.96. The number of likely N-dealkylation sites (tertiary alicyclic amines) is 1. The Bertz CT molecular complexity index is 634. The fourth-order valence-electron chi connectivity index (χ4n) is 2.91. The molecule has 0 aliphatic carbocycles. The number of benzene rings is 1. The van der Waals surface area contributed by atoms with Crippen LogP contribution in [-0.2, 0) is 0 Å². The van der Waals surface area contributed by atoms with Crippen LogP contribution in [0.15, 0.2) is 40.9 Å². The van der Waals surface area contributed by atoms with Gasteiger partial charge in [0, 0.05) is 30.8 Å². The molecule has 2 N–H and O–H groups in total. The van der Waals surface area contributed by atoms with Crippen LogP contribution in [0.1, 0.15) is 30.3 Å². The number of rotatable bonds is 3. The van der Waals surface area contributed by atoms with Gasteiger partial charge in [-0.1, -0.05) is 35.5 Å². The van der Waals surface area contributed by atoms with Crippen molar-refractivity contribution in [3.05, 3.63) is 42.2 Å². The first-order valence-corrected chi connectivity index (χ1v) is 7.72. The maximum atomic E-state index is 12.5. The van der Waals surface area contributed by atoms with Crippen LogP contribution < -0.4 is 5.73 Å². The molecule has 1 aliphatic rings. The fourth-order valence-corrected chi connectivity index (χ4v) is 2.91. The van der Waals surface area contributed by atoms with Crippen molar-refractivity contribution in [1.82, 2.24) is 10.1 Å². The van der Waals surface area contributed by atoms with E-state index in [1.807, 2.05) is 42.2 Å². The van der Waals surface area contributed by atoms with Gasteiger partial charge in [-0.3, -0.25) is 4.79 Å². The average Bonchev–Trinajstić information content (AvgIpc) is 3.05. The second-order valence-electron chi connectivity index (χ2n) is 5.93. The van der Waals surface area contributed by atoms with Crippen molar-refractivity contribution < 1.29 is 9.32 Å². The summed E-state index contributed by atoms with van der Waals surface area (Å²) in [5.41, 5.74) is 7.57. The molecule has 23 heavy (non-hydrogen) atoms. The molecule has 1 amide bonds. The zero-order valence-electron chi connectivity index (χ0n) is 13.1. The highest BCUT2D eigenvalue weighted by Gasteiger charge is 2.27. The molecule has 124 valence electrons. The molecule has 1 saturated heterocycles. The number of halogens is 1. The number of piperidine rings is 1. The molecule has 1 fully saturated rings. The topological polar surface area (TPSA) is 72.4 Å². The first-order chi connectivity index (χ1) is 10.6. The molecule has 6 heteroatoms. The summed E-state index contributed by atoms with van der Waals surface area (Å²) >= 11 is 0. The summed E-state index contributed by atoms with van der Waals surface area (Å²) in [6, 6.07) is 11.6.